The highest BCUT2D eigenvalue weighted by molar-refractivity contribution is 5.82. The fourth-order valence-electron chi connectivity index (χ4n) is 5.14. The van der Waals surface area contributed by atoms with Crippen LogP contribution in [0.15, 0.2) is 97.1 Å². The molecule has 5 rings (SSSR count). The molecule has 2 heteroatoms. The molecule has 4 aromatic carbocycles. The largest absolute Gasteiger partial charge is 0.334 e. The van der Waals surface area contributed by atoms with Gasteiger partial charge >= 0.3 is 0 Å². The molecule has 0 aliphatic heterocycles. The average Bonchev–Trinajstić information content (AvgIpc) is 3.27. The fourth-order valence-corrected chi connectivity index (χ4v) is 5.14. The van der Waals surface area contributed by atoms with Crippen LogP contribution in [0.25, 0.3) is 11.1 Å². The topological polar surface area (TPSA) is 20.3 Å². The first kappa shape index (κ1) is 22.2. The van der Waals surface area contributed by atoms with Gasteiger partial charge in [0.2, 0.25) is 5.91 Å². The van der Waals surface area contributed by atoms with Crippen LogP contribution >= 0.6 is 0 Å². The first-order valence-corrected chi connectivity index (χ1v) is 12.1. The van der Waals surface area contributed by atoms with Crippen LogP contribution in [0, 0.1) is 13.8 Å². The van der Waals surface area contributed by atoms with Crippen LogP contribution in [0.4, 0.5) is 0 Å². The molecule has 0 N–H and O–H groups in total. The average molecular weight is 446 g/mol. The Morgan fingerprint density at radius 2 is 1.44 bits per heavy atom. The third-order valence-corrected chi connectivity index (χ3v) is 6.95. The zero-order valence-corrected chi connectivity index (χ0v) is 20.0. The highest BCUT2D eigenvalue weighted by atomic mass is 16.2. The quantitative estimate of drug-likeness (QED) is 0.323. The van der Waals surface area contributed by atoms with Crippen molar-refractivity contribution in [2.75, 3.05) is 0 Å². The van der Waals surface area contributed by atoms with Gasteiger partial charge < -0.3 is 4.90 Å². The number of carbonyl (C=O) groups is 1. The molecule has 4 aromatic rings. The highest BCUT2D eigenvalue weighted by Crippen LogP contribution is 2.29. The lowest BCUT2D eigenvalue weighted by atomic mass is 9.96. The molecule has 1 aliphatic rings. The Balaban J connectivity index is 1.44. The zero-order chi connectivity index (χ0) is 23.5. The van der Waals surface area contributed by atoms with E-state index in [4.69, 9.17) is 0 Å². The molecule has 0 spiro atoms. The third kappa shape index (κ3) is 4.82. The van der Waals surface area contributed by atoms with Gasteiger partial charge in [-0.1, -0.05) is 108 Å². The highest BCUT2D eigenvalue weighted by Gasteiger charge is 2.30. The minimum atomic E-state index is 0.192. The molecule has 0 saturated heterocycles. The van der Waals surface area contributed by atoms with Crippen LogP contribution in [0.2, 0.25) is 0 Å². The number of hydrogen-bond donors (Lipinski definition) is 0. The number of benzene rings is 4. The normalized spacial score (nSPS) is 13.0. The van der Waals surface area contributed by atoms with E-state index in [2.05, 4.69) is 110 Å². The minimum Gasteiger partial charge on any atom is -0.334 e. The summed E-state index contributed by atoms with van der Waals surface area (Å²) in [7, 11) is 0. The van der Waals surface area contributed by atoms with Crippen molar-refractivity contribution in [3.8, 4) is 11.1 Å². The Morgan fingerprint density at radius 3 is 2.15 bits per heavy atom. The maximum atomic E-state index is 13.9. The van der Waals surface area contributed by atoms with E-state index in [1.54, 1.807) is 0 Å². The molecule has 0 heterocycles. The maximum Gasteiger partial charge on any atom is 0.227 e. The number of rotatable bonds is 6. The lowest BCUT2D eigenvalue weighted by Gasteiger charge is -2.30. The van der Waals surface area contributed by atoms with Crippen molar-refractivity contribution in [2.24, 2.45) is 0 Å². The van der Waals surface area contributed by atoms with Crippen LogP contribution in [0.5, 0.6) is 0 Å². The van der Waals surface area contributed by atoms with Gasteiger partial charge in [-0.15, -0.1) is 0 Å². The molecular formula is C32H31NO. The van der Waals surface area contributed by atoms with Gasteiger partial charge in [-0.05, 0) is 60.1 Å². The first-order chi connectivity index (χ1) is 16.6. The molecule has 1 amide bonds. The summed E-state index contributed by atoms with van der Waals surface area (Å²) in [4.78, 5) is 16.0. The van der Waals surface area contributed by atoms with E-state index >= 15 is 0 Å². The minimum absolute atomic E-state index is 0.192. The molecule has 1 aliphatic carbocycles. The van der Waals surface area contributed by atoms with E-state index in [0.29, 0.717) is 13.0 Å². The van der Waals surface area contributed by atoms with Crippen molar-refractivity contribution < 1.29 is 4.79 Å². The summed E-state index contributed by atoms with van der Waals surface area (Å²) < 4.78 is 0. The second kappa shape index (κ2) is 9.69. The predicted octanol–water partition coefficient (Wildman–Crippen LogP) is 6.71. The van der Waals surface area contributed by atoms with Crippen LogP contribution < -0.4 is 0 Å². The molecule has 34 heavy (non-hydrogen) atoms. The zero-order valence-electron chi connectivity index (χ0n) is 20.0. The van der Waals surface area contributed by atoms with E-state index in [1.807, 2.05) is 6.07 Å². The summed E-state index contributed by atoms with van der Waals surface area (Å²) >= 11 is 0. The standard InChI is InChI=1S/C32H31NO/c1-23-14-16-26(17-15-23)31-13-6-5-12-29(31)21-32(34)33(22-25-9-7-8-24(2)18-25)30-19-27-10-3-4-11-28(27)20-30/h3-18,30H,19-22H2,1-2H3. The molecule has 170 valence electrons. The molecule has 0 radical (unpaired) electrons. The van der Waals surface area contributed by atoms with Crippen molar-refractivity contribution in [3.63, 3.8) is 0 Å². The van der Waals surface area contributed by atoms with Gasteiger partial charge in [-0.3, -0.25) is 4.79 Å². The van der Waals surface area contributed by atoms with Gasteiger partial charge in [0.1, 0.15) is 0 Å². The van der Waals surface area contributed by atoms with Gasteiger partial charge in [-0.2, -0.15) is 0 Å². The fraction of sp³-hybridized carbons (Fsp3) is 0.219. The Morgan fingerprint density at radius 1 is 0.765 bits per heavy atom. The Bertz CT molecular complexity index is 1280. The lowest BCUT2D eigenvalue weighted by molar-refractivity contribution is -0.133. The van der Waals surface area contributed by atoms with Crippen LogP contribution in [-0.2, 0) is 30.6 Å². The summed E-state index contributed by atoms with van der Waals surface area (Å²) in [5, 5.41) is 0. The van der Waals surface area contributed by atoms with Crippen LogP contribution in [-0.4, -0.2) is 16.8 Å². The number of hydrogen-bond acceptors (Lipinski definition) is 1. The molecule has 0 atom stereocenters. The first-order valence-electron chi connectivity index (χ1n) is 12.1. The van der Waals surface area contributed by atoms with Gasteiger partial charge in [0, 0.05) is 12.6 Å². The molecule has 0 unspecified atom stereocenters. The summed E-state index contributed by atoms with van der Waals surface area (Å²) in [6.45, 7) is 4.85. The Hall–Kier alpha value is -3.65. The van der Waals surface area contributed by atoms with Crippen LogP contribution in [0.1, 0.15) is 33.4 Å². The van der Waals surface area contributed by atoms with Gasteiger partial charge in [0.15, 0.2) is 0 Å². The van der Waals surface area contributed by atoms with Gasteiger partial charge in [0.05, 0.1) is 6.42 Å². The maximum absolute atomic E-state index is 13.9. The number of nitrogens with zero attached hydrogens (tertiary/aromatic N) is 1. The van der Waals surface area contributed by atoms with Crippen molar-refractivity contribution >= 4 is 5.91 Å². The lowest BCUT2D eigenvalue weighted by Crippen LogP contribution is -2.41. The Labute approximate surface area is 202 Å². The summed E-state index contributed by atoms with van der Waals surface area (Å²) in [6.07, 6.45) is 2.25. The summed E-state index contributed by atoms with van der Waals surface area (Å²) in [5.74, 6) is 0.193. The second-order valence-corrected chi connectivity index (χ2v) is 9.54. The SMILES string of the molecule is Cc1ccc(-c2ccccc2CC(=O)N(Cc2cccc(C)c2)C2Cc3ccccc3C2)cc1. The molecular weight excluding hydrogens is 414 g/mol. The van der Waals surface area contributed by atoms with E-state index in [9.17, 15) is 4.79 Å². The second-order valence-electron chi connectivity index (χ2n) is 9.54. The summed E-state index contributed by atoms with van der Waals surface area (Å²) in [5.41, 5.74) is 9.78. The predicted molar refractivity (Wildman–Crippen MR) is 140 cm³/mol. The van der Waals surface area contributed by atoms with E-state index in [0.717, 1.165) is 29.5 Å². The summed E-state index contributed by atoms with van der Waals surface area (Å²) in [6, 6.07) is 34.2. The van der Waals surface area contributed by atoms with Crippen LogP contribution in [0.3, 0.4) is 0 Å². The molecule has 0 fully saturated rings. The van der Waals surface area contributed by atoms with Crippen molar-refractivity contribution in [2.45, 2.75) is 45.7 Å². The van der Waals surface area contributed by atoms with Crippen molar-refractivity contribution in [3.05, 3.63) is 130 Å². The smallest absolute Gasteiger partial charge is 0.227 e. The number of amides is 1. The number of aryl methyl sites for hydroxylation is 2. The van der Waals surface area contributed by atoms with E-state index in [1.165, 1.54) is 27.8 Å². The number of carbonyl (C=O) groups excluding carboxylic acids is 1. The third-order valence-electron chi connectivity index (χ3n) is 6.95. The van der Waals surface area contributed by atoms with E-state index in [-0.39, 0.29) is 11.9 Å². The molecule has 0 aromatic heterocycles. The van der Waals surface area contributed by atoms with Crippen molar-refractivity contribution in [1.29, 1.82) is 0 Å². The Kier molecular flexibility index (Phi) is 6.31. The van der Waals surface area contributed by atoms with Gasteiger partial charge in [-0.25, -0.2) is 0 Å². The van der Waals surface area contributed by atoms with Crippen molar-refractivity contribution in [1.82, 2.24) is 4.90 Å². The van der Waals surface area contributed by atoms with Gasteiger partial charge in [0.25, 0.3) is 0 Å². The number of fused-ring (bicyclic) bond motifs is 1. The van der Waals surface area contributed by atoms with E-state index < -0.39 is 0 Å². The molecule has 0 saturated carbocycles. The monoisotopic (exact) mass is 445 g/mol. The molecule has 2 nitrogen and oxygen atoms in total. The molecule has 0 bridgehead atoms.